The average molecular weight is 375 g/mol. The molecule has 0 spiro atoms. The predicted octanol–water partition coefficient (Wildman–Crippen LogP) is 4.13. The molecule has 2 aromatic rings. The lowest BCUT2D eigenvalue weighted by atomic mass is 9.66. The molecule has 142 valence electrons. The van der Waals surface area contributed by atoms with Gasteiger partial charge in [0.1, 0.15) is 12.4 Å². The van der Waals surface area contributed by atoms with Gasteiger partial charge in [-0.3, -0.25) is 9.59 Å². The Bertz CT molecular complexity index is 865. The second-order valence-electron chi connectivity index (χ2n) is 6.73. The summed E-state index contributed by atoms with van der Waals surface area (Å²) in [6.07, 6.45) is 1.58. The zero-order valence-electron chi connectivity index (χ0n) is 14.5. The van der Waals surface area contributed by atoms with Crippen molar-refractivity contribution in [2.45, 2.75) is 32.3 Å². The van der Waals surface area contributed by atoms with Crippen molar-refractivity contribution in [3.63, 3.8) is 0 Å². The van der Waals surface area contributed by atoms with Crippen LogP contribution in [-0.4, -0.2) is 17.0 Å². The molecule has 0 aliphatic heterocycles. The number of halogens is 2. The number of ether oxygens (including phenoxy) is 1. The average Bonchev–Trinajstić information content (AvgIpc) is 2.57. The Balaban J connectivity index is 1.59. The Morgan fingerprint density at radius 3 is 2.52 bits per heavy atom. The molecule has 0 aromatic heterocycles. The maximum absolute atomic E-state index is 14.2. The van der Waals surface area contributed by atoms with Crippen LogP contribution >= 0.6 is 0 Å². The fourth-order valence-electron chi connectivity index (χ4n) is 3.07. The van der Waals surface area contributed by atoms with Crippen molar-refractivity contribution in [1.29, 1.82) is 0 Å². The zero-order chi connectivity index (χ0) is 19.4. The van der Waals surface area contributed by atoms with Gasteiger partial charge in [0.15, 0.2) is 11.6 Å². The molecule has 1 aliphatic carbocycles. The molecule has 0 saturated heterocycles. The highest BCUT2D eigenvalue weighted by Crippen LogP contribution is 2.44. The first kappa shape index (κ1) is 18.8. The molecule has 3 rings (SSSR count). The molecule has 0 radical (unpaired) electrons. The van der Waals surface area contributed by atoms with Crippen molar-refractivity contribution in [1.82, 2.24) is 0 Å². The molecule has 5 nitrogen and oxygen atoms in total. The second kappa shape index (κ2) is 7.73. The molecular weight excluding hydrogens is 356 g/mol. The molecule has 0 bridgehead atoms. The molecule has 0 unspecified atom stereocenters. The second-order valence-corrected chi connectivity index (χ2v) is 6.73. The van der Waals surface area contributed by atoms with Gasteiger partial charge in [-0.1, -0.05) is 18.6 Å². The number of aliphatic carboxylic acids is 1. The van der Waals surface area contributed by atoms with Crippen LogP contribution in [0, 0.1) is 17.0 Å². The Morgan fingerprint density at radius 2 is 1.93 bits per heavy atom. The Morgan fingerprint density at radius 1 is 1.15 bits per heavy atom. The molecular formula is C20H19F2NO4. The Kier molecular flexibility index (Phi) is 5.39. The van der Waals surface area contributed by atoms with Gasteiger partial charge in [-0.05, 0) is 42.7 Å². The number of nitrogens with one attached hydrogen (secondary N) is 1. The SMILES string of the molecule is O=C(CC1(C(=O)O)CCC1)Nc1ccc(OCc2cccc(F)c2)c(F)c1. The number of rotatable bonds is 7. The summed E-state index contributed by atoms with van der Waals surface area (Å²) < 4.78 is 32.7. The summed E-state index contributed by atoms with van der Waals surface area (Å²) in [6.45, 7) is 0.00151. The highest BCUT2D eigenvalue weighted by Gasteiger charge is 2.45. The summed E-state index contributed by atoms with van der Waals surface area (Å²) in [5.41, 5.74) is -0.224. The fourth-order valence-corrected chi connectivity index (χ4v) is 3.07. The van der Waals surface area contributed by atoms with Gasteiger partial charge in [-0.15, -0.1) is 0 Å². The van der Waals surface area contributed by atoms with Crippen LogP contribution in [0.15, 0.2) is 42.5 Å². The summed E-state index contributed by atoms with van der Waals surface area (Å²) >= 11 is 0. The maximum Gasteiger partial charge on any atom is 0.310 e. The minimum Gasteiger partial charge on any atom is -0.486 e. The normalized spacial score (nSPS) is 14.9. The number of hydrogen-bond donors (Lipinski definition) is 2. The van der Waals surface area contributed by atoms with Gasteiger partial charge in [-0.25, -0.2) is 8.78 Å². The number of carbonyl (C=O) groups is 2. The lowest BCUT2D eigenvalue weighted by Crippen LogP contribution is -2.41. The molecule has 27 heavy (non-hydrogen) atoms. The van der Waals surface area contributed by atoms with E-state index in [1.54, 1.807) is 6.07 Å². The molecule has 1 fully saturated rings. The van der Waals surface area contributed by atoms with Gasteiger partial charge >= 0.3 is 5.97 Å². The van der Waals surface area contributed by atoms with Crippen molar-refractivity contribution in [2.75, 3.05) is 5.32 Å². The number of carboxylic acid groups (broad SMARTS) is 1. The van der Waals surface area contributed by atoms with Crippen molar-refractivity contribution in [2.24, 2.45) is 5.41 Å². The van der Waals surface area contributed by atoms with E-state index >= 15 is 0 Å². The number of carboxylic acids is 1. The number of benzene rings is 2. The van der Waals surface area contributed by atoms with Gasteiger partial charge in [0.25, 0.3) is 0 Å². The summed E-state index contributed by atoms with van der Waals surface area (Å²) in [5, 5.41) is 11.8. The predicted molar refractivity (Wildman–Crippen MR) is 94.3 cm³/mol. The van der Waals surface area contributed by atoms with E-state index in [1.807, 2.05) is 0 Å². The van der Waals surface area contributed by atoms with E-state index < -0.39 is 28.9 Å². The highest BCUT2D eigenvalue weighted by molar-refractivity contribution is 5.94. The van der Waals surface area contributed by atoms with Crippen LogP contribution in [0.4, 0.5) is 14.5 Å². The number of amides is 1. The summed E-state index contributed by atoms with van der Waals surface area (Å²) in [6, 6.07) is 9.73. The third-order valence-corrected chi connectivity index (χ3v) is 4.76. The lowest BCUT2D eigenvalue weighted by molar-refractivity contribution is -0.157. The Labute approximate surface area is 155 Å². The van der Waals surface area contributed by atoms with Crippen LogP contribution in [0.5, 0.6) is 5.75 Å². The molecule has 2 N–H and O–H groups in total. The summed E-state index contributed by atoms with van der Waals surface area (Å²) in [4.78, 5) is 23.4. The van der Waals surface area contributed by atoms with Crippen LogP contribution in [0.3, 0.4) is 0 Å². The standard InChI is InChI=1S/C20H19F2NO4/c21-14-4-1-3-13(9-14)12-27-17-6-5-15(10-16(17)22)23-18(24)11-20(19(25)26)7-2-8-20/h1,3-6,9-10H,2,7-8,11-12H2,(H,23,24)(H,25,26). The van der Waals surface area contributed by atoms with Gasteiger partial charge in [0.05, 0.1) is 5.41 Å². The van der Waals surface area contributed by atoms with Crippen LogP contribution in [-0.2, 0) is 16.2 Å². The topological polar surface area (TPSA) is 75.6 Å². The third kappa shape index (κ3) is 4.42. The van der Waals surface area contributed by atoms with Crippen molar-refractivity contribution in [3.8, 4) is 5.75 Å². The van der Waals surface area contributed by atoms with Crippen molar-refractivity contribution >= 4 is 17.6 Å². The van der Waals surface area contributed by atoms with Crippen molar-refractivity contribution < 1.29 is 28.2 Å². The molecule has 0 atom stereocenters. The smallest absolute Gasteiger partial charge is 0.310 e. The first-order chi connectivity index (χ1) is 12.9. The maximum atomic E-state index is 14.2. The van der Waals surface area contributed by atoms with E-state index in [0.717, 1.165) is 12.5 Å². The molecule has 1 aliphatic rings. The van der Waals surface area contributed by atoms with Crippen LogP contribution in [0.2, 0.25) is 0 Å². The third-order valence-electron chi connectivity index (χ3n) is 4.76. The van der Waals surface area contributed by atoms with E-state index in [1.165, 1.54) is 30.3 Å². The van der Waals surface area contributed by atoms with Gasteiger partial charge in [0.2, 0.25) is 5.91 Å². The van der Waals surface area contributed by atoms with E-state index in [-0.39, 0.29) is 24.5 Å². The molecule has 0 heterocycles. The molecule has 2 aromatic carbocycles. The quantitative estimate of drug-likeness (QED) is 0.763. The zero-order valence-corrected chi connectivity index (χ0v) is 14.5. The number of anilines is 1. The van der Waals surface area contributed by atoms with Gasteiger partial charge < -0.3 is 15.2 Å². The summed E-state index contributed by atoms with van der Waals surface area (Å²) in [5.74, 6) is -2.56. The lowest BCUT2D eigenvalue weighted by Gasteiger charge is -2.36. The largest absolute Gasteiger partial charge is 0.486 e. The first-order valence-corrected chi connectivity index (χ1v) is 8.58. The first-order valence-electron chi connectivity index (χ1n) is 8.58. The van der Waals surface area contributed by atoms with Gasteiger partial charge in [0, 0.05) is 18.2 Å². The molecule has 7 heteroatoms. The Hall–Kier alpha value is -2.96. The fraction of sp³-hybridized carbons (Fsp3) is 0.300. The molecule has 1 saturated carbocycles. The molecule has 1 amide bonds. The number of hydrogen-bond acceptors (Lipinski definition) is 3. The van der Waals surface area contributed by atoms with Crippen molar-refractivity contribution in [3.05, 3.63) is 59.7 Å². The minimum absolute atomic E-state index is 0.00151. The highest BCUT2D eigenvalue weighted by atomic mass is 19.1. The van der Waals surface area contributed by atoms with Crippen LogP contribution < -0.4 is 10.1 Å². The van der Waals surface area contributed by atoms with E-state index in [2.05, 4.69) is 5.32 Å². The van der Waals surface area contributed by atoms with Gasteiger partial charge in [-0.2, -0.15) is 0 Å². The summed E-state index contributed by atoms with van der Waals surface area (Å²) in [7, 11) is 0. The van der Waals surface area contributed by atoms with E-state index in [9.17, 15) is 23.5 Å². The minimum atomic E-state index is -1.00. The van der Waals surface area contributed by atoms with Crippen LogP contribution in [0.25, 0.3) is 0 Å². The number of carbonyl (C=O) groups excluding carboxylic acids is 1. The van der Waals surface area contributed by atoms with E-state index in [4.69, 9.17) is 4.74 Å². The van der Waals surface area contributed by atoms with Crippen LogP contribution in [0.1, 0.15) is 31.2 Å². The van der Waals surface area contributed by atoms with E-state index in [0.29, 0.717) is 18.4 Å². The monoisotopic (exact) mass is 375 g/mol.